The molecule has 0 spiro atoms. The predicted octanol–water partition coefficient (Wildman–Crippen LogP) is 4.90. The van der Waals surface area contributed by atoms with E-state index in [1.54, 1.807) is 22.7 Å². The van der Waals surface area contributed by atoms with Crippen LogP contribution in [0, 0.1) is 0 Å². The van der Waals surface area contributed by atoms with E-state index in [-0.39, 0.29) is 11.9 Å². The molecule has 6 heteroatoms. The first-order valence-corrected chi connectivity index (χ1v) is 11.4. The van der Waals surface area contributed by atoms with Gasteiger partial charge in [-0.3, -0.25) is 4.79 Å². The van der Waals surface area contributed by atoms with Crippen LogP contribution in [-0.4, -0.2) is 26.9 Å². The zero-order valence-corrected chi connectivity index (χ0v) is 17.3. The summed E-state index contributed by atoms with van der Waals surface area (Å²) in [5.74, 6) is 1.13. The Labute approximate surface area is 172 Å². The first-order chi connectivity index (χ1) is 13.8. The number of carbonyl (C=O) groups excluding carboxylic acids is 1. The molecular formula is C22H21N3OS2. The van der Waals surface area contributed by atoms with Crippen molar-refractivity contribution in [1.82, 2.24) is 14.5 Å². The minimum absolute atomic E-state index is 0.0300. The van der Waals surface area contributed by atoms with Crippen LogP contribution in [0.2, 0.25) is 0 Å². The third-order valence-corrected chi connectivity index (χ3v) is 7.36. The van der Waals surface area contributed by atoms with Crippen LogP contribution < -0.4 is 0 Å². The highest BCUT2D eigenvalue weighted by Crippen LogP contribution is 2.39. The smallest absolute Gasteiger partial charge is 0.243 e. The zero-order chi connectivity index (χ0) is 19.1. The predicted molar refractivity (Wildman–Crippen MR) is 115 cm³/mol. The molecule has 5 rings (SSSR count). The number of fused-ring (bicyclic) bond motifs is 2. The Balaban J connectivity index is 1.52. The van der Waals surface area contributed by atoms with E-state index in [0.717, 1.165) is 36.2 Å². The molecule has 4 nitrogen and oxygen atoms in total. The van der Waals surface area contributed by atoms with E-state index in [1.807, 2.05) is 18.2 Å². The number of amides is 1. The van der Waals surface area contributed by atoms with Gasteiger partial charge in [-0.15, -0.1) is 22.7 Å². The van der Waals surface area contributed by atoms with E-state index in [4.69, 9.17) is 4.98 Å². The standard InChI is InChI=1S/C22H21N3OS2/c1-2-20-23-16-6-3-4-7-17(16)25(20)14-21(26)24-11-9-18-15(10-13-28-18)22(24)19-8-5-12-27-19/h3-8,10,12-13,22H,2,9,11,14H2,1H3. The fraction of sp³-hybridized carbons (Fsp3) is 0.273. The monoisotopic (exact) mass is 407 g/mol. The molecule has 0 N–H and O–H groups in total. The third kappa shape index (κ3) is 2.88. The summed E-state index contributed by atoms with van der Waals surface area (Å²) in [5.41, 5.74) is 3.28. The van der Waals surface area contributed by atoms with Crippen LogP contribution in [0.1, 0.15) is 34.1 Å². The summed E-state index contributed by atoms with van der Waals surface area (Å²) in [6.07, 6.45) is 1.75. The summed E-state index contributed by atoms with van der Waals surface area (Å²) in [6, 6.07) is 14.5. The molecule has 0 saturated heterocycles. The van der Waals surface area contributed by atoms with Gasteiger partial charge in [0.15, 0.2) is 0 Å². The van der Waals surface area contributed by atoms with Gasteiger partial charge in [-0.2, -0.15) is 0 Å². The van der Waals surface area contributed by atoms with Crippen LogP contribution in [0.5, 0.6) is 0 Å². The van der Waals surface area contributed by atoms with Crippen molar-refractivity contribution in [2.75, 3.05) is 6.54 Å². The van der Waals surface area contributed by atoms with Crippen LogP contribution in [-0.2, 0) is 24.2 Å². The van der Waals surface area contributed by atoms with E-state index in [9.17, 15) is 4.79 Å². The highest BCUT2D eigenvalue weighted by molar-refractivity contribution is 7.10. The van der Waals surface area contributed by atoms with Crippen molar-refractivity contribution in [3.05, 3.63) is 74.4 Å². The van der Waals surface area contributed by atoms with Crippen molar-refractivity contribution in [3.63, 3.8) is 0 Å². The third-order valence-electron chi connectivity index (χ3n) is 5.44. The molecule has 1 aliphatic rings. The molecule has 3 aromatic heterocycles. The normalized spacial score (nSPS) is 16.5. The molecule has 142 valence electrons. The van der Waals surface area contributed by atoms with Gasteiger partial charge in [0.2, 0.25) is 5.91 Å². The molecule has 1 atom stereocenters. The van der Waals surface area contributed by atoms with Crippen LogP contribution in [0.15, 0.2) is 53.2 Å². The van der Waals surface area contributed by atoms with Crippen molar-refractivity contribution in [3.8, 4) is 0 Å². The van der Waals surface area contributed by atoms with Crippen molar-refractivity contribution in [2.24, 2.45) is 0 Å². The van der Waals surface area contributed by atoms with Gasteiger partial charge in [-0.1, -0.05) is 25.1 Å². The molecule has 1 unspecified atom stereocenters. The SMILES string of the molecule is CCc1nc2ccccc2n1CC(=O)N1CCc2sccc2C1c1cccs1. The zero-order valence-electron chi connectivity index (χ0n) is 15.7. The molecule has 0 saturated carbocycles. The van der Waals surface area contributed by atoms with Gasteiger partial charge >= 0.3 is 0 Å². The van der Waals surface area contributed by atoms with Gasteiger partial charge in [0.25, 0.3) is 0 Å². The van der Waals surface area contributed by atoms with Gasteiger partial charge in [0.1, 0.15) is 12.4 Å². The molecule has 28 heavy (non-hydrogen) atoms. The number of thiophene rings is 2. The summed E-state index contributed by atoms with van der Waals surface area (Å²) >= 11 is 3.53. The van der Waals surface area contributed by atoms with Gasteiger partial charge in [0.05, 0.1) is 17.1 Å². The topological polar surface area (TPSA) is 38.1 Å². The highest BCUT2D eigenvalue weighted by atomic mass is 32.1. The Morgan fingerprint density at radius 2 is 2.04 bits per heavy atom. The van der Waals surface area contributed by atoms with Crippen LogP contribution in [0.3, 0.4) is 0 Å². The summed E-state index contributed by atoms with van der Waals surface area (Å²) in [5, 5.41) is 4.25. The quantitative estimate of drug-likeness (QED) is 0.483. The maximum atomic E-state index is 13.5. The number of hydrogen-bond acceptors (Lipinski definition) is 4. The van der Waals surface area contributed by atoms with Crippen molar-refractivity contribution in [2.45, 2.75) is 32.4 Å². The number of imidazole rings is 1. The maximum absolute atomic E-state index is 13.5. The van der Waals surface area contributed by atoms with E-state index in [1.165, 1.54) is 15.3 Å². The second-order valence-corrected chi connectivity index (χ2v) is 8.99. The summed E-state index contributed by atoms with van der Waals surface area (Å²) in [7, 11) is 0. The first-order valence-electron chi connectivity index (χ1n) is 9.59. The number of nitrogens with zero attached hydrogens (tertiary/aromatic N) is 3. The minimum atomic E-state index is 0.0300. The van der Waals surface area contributed by atoms with E-state index >= 15 is 0 Å². The van der Waals surface area contributed by atoms with Gasteiger partial charge in [-0.25, -0.2) is 4.98 Å². The van der Waals surface area contributed by atoms with Gasteiger partial charge < -0.3 is 9.47 Å². The lowest BCUT2D eigenvalue weighted by atomic mass is 9.98. The lowest BCUT2D eigenvalue weighted by Crippen LogP contribution is -2.41. The number of aryl methyl sites for hydroxylation is 1. The van der Waals surface area contributed by atoms with E-state index in [0.29, 0.717) is 6.54 Å². The lowest BCUT2D eigenvalue weighted by Gasteiger charge is -2.35. The summed E-state index contributed by atoms with van der Waals surface area (Å²) < 4.78 is 2.09. The molecule has 4 aromatic rings. The average molecular weight is 408 g/mol. The molecule has 0 aliphatic carbocycles. The van der Waals surface area contributed by atoms with Gasteiger partial charge in [0, 0.05) is 22.7 Å². The summed E-state index contributed by atoms with van der Waals surface area (Å²) in [6.45, 7) is 3.20. The Kier molecular flexibility index (Phi) is 4.53. The molecule has 1 amide bonds. The maximum Gasteiger partial charge on any atom is 0.243 e. The molecule has 0 radical (unpaired) electrons. The number of hydrogen-bond donors (Lipinski definition) is 0. The average Bonchev–Trinajstić information content (AvgIpc) is 3.47. The molecule has 1 aromatic carbocycles. The molecular weight excluding hydrogens is 386 g/mol. The highest BCUT2D eigenvalue weighted by Gasteiger charge is 2.33. The Morgan fingerprint density at radius 3 is 2.86 bits per heavy atom. The Bertz CT molecular complexity index is 1130. The summed E-state index contributed by atoms with van der Waals surface area (Å²) in [4.78, 5) is 22.9. The fourth-order valence-corrected chi connectivity index (χ4v) is 5.89. The second-order valence-electron chi connectivity index (χ2n) is 7.01. The number of rotatable bonds is 4. The number of carbonyl (C=O) groups is 1. The van der Waals surface area contributed by atoms with E-state index in [2.05, 4.69) is 51.4 Å². The number of benzene rings is 1. The van der Waals surface area contributed by atoms with Crippen LogP contribution in [0.25, 0.3) is 11.0 Å². The first kappa shape index (κ1) is 17.6. The molecule has 0 fully saturated rings. The molecule has 1 aliphatic heterocycles. The van der Waals surface area contributed by atoms with Crippen LogP contribution in [0.4, 0.5) is 0 Å². The Morgan fingerprint density at radius 1 is 1.14 bits per heavy atom. The van der Waals surface area contributed by atoms with Crippen LogP contribution >= 0.6 is 22.7 Å². The number of para-hydroxylation sites is 2. The minimum Gasteiger partial charge on any atom is -0.329 e. The fourth-order valence-electron chi connectivity index (χ4n) is 4.14. The van der Waals surface area contributed by atoms with Crippen molar-refractivity contribution < 1.29 is 4.79 Å². The van der Waals surface area contributed by atoms with E-state index < -0.39 is 0 Å². The molecule has 4 heterocycles. The van der Waals surface area contributed by atoms with Crippen molar-refractivity contribution in [1.29, 1.82) is 0 Å². The van der Waals surface area contributed by atoms with Crippen molar-refractivity contribution >= 4 is 39.6 Å². The molecule has 0 bridgehead atoms. The second kappa shape index (κ2) is 7.18. The van der Waals surface area contributed by atoms with Gasteiger partial charge in [-0.05, 0) is 47.0 Å². The largest absolute Gasteiger partial charge is 0.329 e. The number of aromatic nitrogens is 2. The lowest BCUT2D eigenvalue weighted by molar-refractivity contribution is -0.133. The Hall–Kier alpha value is -2.44.